The van der Waals surface area contributed by atoms with Crippen LogP contribution in [0.15, 0.2) is 12.1 Å². The quantitative estimate of drug-likeness (QED) is 0.866. The first-order valence-corrected chi connectivity index (χ1v) is 6.32. The molecule has 2 N–H and O–H groups in total. The maximum absolute atomic E-state index is 6.58. The van der Waals surface area contributed by atoms with Gasteiger partial charge in [-0.1, -0.05) is 32.9 Å². The van der Waals surface area contributed by atoms with Crippen LogP contribution < -0.4 is 10.5 Å². The molecule has 1 aromatic carbocycles. The highest BCUT2D eigenvalue weighted by Crippen LogP contribution is 2.38. The summed E-state index contributed by atoms with van der Waals surface area (Å²) >= 11 is 0. The van der Waals surface area contributed by atoms with Crippen LogP contribution in [0, 0.1) is 19.8 Å². The van der Waals surface area contributed by atoms with Crippen molar-refractivity contribution in [1.82, 2.24) is 0 Å². The van der Waals surface area contributed by atoms with E-state index in [9.17, 15) is 0 Å². The Balaban J connectivity index is 3.45. The Labute approximate surface area is 105 Å². The van der Waals surface area contributed by atoms with Crippen LogP contribution >= 0.6 is 0 Å². The molecule has 2 heteroatoms. The molecule has 96 valence electrons. The van der Waals surface area contributed by atoms with E-state index in [0.29, 0.717) is 5.92 Å². The van der Waals surface area contributed by atoms with Gasteiger partial charge in [-0.05, 0) is 37.3 Å². The molecule has 0 aliphatic carbocycles. The second kappa shape index (κ2) is 5.09. The molecule has 1 unspecified atom stereocenters. The van der Waals surface area contributed by atoms with Crippen molar-refractivity contribution in [1.29, 1.82) is 0 Å². The summed E-state index contributed by atoms with van der Waals surface area (Å²) in [7, 11) is 1.72. The van der Waals surface area contributed by atoms with Crippen LogP contribution in [0.3, 0.4) is 0 Å². The molecule has 1 rings (SSSR count). The SMILES string of the molecule is CCC(N)(c1ccc(C)c(C)c1OC)C(C)C. The van der Waals surface area contributed by atoms with Crippen molar-refractivity contribution in [2.75, 3.05) is 7.11 Å². The number of rotatable bonds is 4. The molecule has 0 bridgehead atoms. The molecule has 1 aromatic rings. The lowest BCUT2D eigenvalue weighted by atomic mass is 9.77. The van der Waals surface area contributed by atoms with Crippen molar-refractivity contribution < 1.29 is 4.74 Å². The van der Waals surface area contributed by atoms with E-state index in [1.54, 1.807) is 7.11 Å². The van der Waals surface area contributed by atoms with E-state index in [0.717, 1.165) is 17.7 Å². The molecule has 0 spiro atoms. The minimum atomic E-state index is -0.316. The van der Waals surface area contributed by atoms with Gasteiger partial charge in [-0.3, -0.25) is 0 Å². The molecule has 1 atom stereocenters. The zero-order valence-electron chi connectivity index (χ0n) is 11.9. The van der Waals surface area contributed by atoms with Crippen molar-refractivity contribution in [2.24, 2.45) is 11.7 Å². The van der Waals surface area contributed by atoms with Crippen LogP contribution in [0.25, 0.3) is 0 Å². The normalized spacial score (nSPS) is 14.8. The Bertz CT molecular complexity index is 398. The lowest BCUT2D eigenvalue weighted by molar-refractivity contribution is 0.289. The molecule has 0 radical (unpaired) electrons. The van der Waals surface area contributed by atoms with Crippen molar-refractivity contribution in [3.8, 4) is 5.75 Å². The van der Waals surface area contributed by atoms with Gasteiger partial charge in [0.25, 0.3) is 0 Å². The fraction of sp³-hybridized carbons (Fsp3) is 0.600. The molecule has 0 saturated carbocycles. The lowest BCUT2D eigenvalue weighted by Crippen LogP contribution is -2.41. The van der Waals surface area contributed by atoms with Gasteiger partial charge in [0, 0.05) is 11.1 Å². The molecular weight excluding hydrogens is 210 g/mol. The van der Waals surface area contributed by atoms with Gasteiger partial charge in [0.15, 0.2) is 0 Å². The van der Waals surface area contributed by atoms with E-state index < -0.39 is 0 Å². The van der Waals surface area contributed by atoms with E-state index in [2.05, 4.69) is 46.8 Å². The topological polar surface area (TPSA) is 35.2 Å². The minimum Gasteiger partial charge on any atom is -0.496 e. The monoisotopic (exact) mass is 235 g/mol. The third-order valence-electron chi connectivity index (χ3n) is 4.00. The Morgan fingerprint density at radius 3 is 2.29 bits per heavy atom. The van der Waals surface area contributed by atoms with Crippen molar-refractivity contribution in [3.05, 3.63) is 28.8 Å². The largest absolute Gasteiger partial charge is 0.496 e. The molecule has 2 nitrogen and oxygen atoms in total. The second-order valence-electron chi connectivity index (χ2n) is 5.14. The van der Waals surface area contributed by atoms with Gasteiger partial charge in [-0.25, -0.2) is 0 Å². The molecule has 17 heavy (non-hydrogen) atoms. The predicted octanol–water partition coefficient (Wildman–Crippen LogP) is 3.53. The van der Waals surface area contributed by atoms with Crippen molar-refractivity contribution in [3.63, 3.8) is 0 Å². The minimum absolute atomic E-state index is 0.316. The Hall–Kier alpha value is -1.02. The molecule has 0 aliphatic rings. The van der Waals surface area contributed by atoms with E-state index in [4.69, 9.17) is 10.5 Å². The summed E-state index contributed by atoms with van der Waals surface area (Å²) < 4.78 is 5.58. The lowest BCUT2D eigenvalue weighted by Gasteiger charge is -2.35. The van der Waals surface area contributed by atoms with E-state index in [1.807, 2.05) is 0 Å². The number of hydrogen-bond donors (Lipinski definition) is 1. The zero-order valence-corrected chi connectivity index (χ0v) is 11.9. The highest BCUT2D eigenvalue weighted by atomic mass is 16.5. The van der Waals surface area contributed by atoms with Crippen LogP contribution in [-0.2, 0) is 5.54 Å². The average Bonchev–Trinajstić information content (AvgIpc) is 2.31. The van der Waals surface area contributed by atoms with E-state index in [1.165, 1.54) is 11.1 Å². The van der Waals surface area contributed by atoms with Gasteiger partial charge in [0.1, 0.15) is 5.75 Å². The first kappa shape index (κ1) is 14.0. The summed E-state index contributed by atoms with van der Waals surface area (Å²) in [5, 5.41) is 0. The fourth-order valence-corrected chi connectivity index (χ4v) is 2.33. The fourth-order valence-electron chi connectivity index (χ4n) is 2.33. The summed E-state index contributed by atoms with van der Waals surface area (Å²) in [5.41, 5.74) is 9.82. The second-order valence-corrected chi connectivity index (χ2v) is 5.14. The average molecular weight is 235 g/mol. The van der Waals surface area contributed by atoms with Crippen LogP contribution in [-0.4, -0.2) is 7.11 Å². The maximum Gasteiger partial charge on any atom is 0.127 e. The molecule has 0 amide bonds. The summed E-state index contributed by atoms with van der Waals surface area (Å²) in [6.07, 6.45) is 0.906. The Morgan fingerprint density at radius 1 is 1.29 bits per heavy atom. The van der Waals surface area contributed by atoms with Crippen LogP contribution in [0.1, 0.15) is 43.9 Å². The molecule has 0 heterocycles. The van der Waals surface area contributed by atoms with E-state index >= 15 is 0 Å². The molecule has 0 fully saturated rings. The Morgan fingerprint density at radius 2 is 1.88 bits per heavy atom. The standard InChI is InChI=1S/C15H25NO/c1-7-15(16,10(2)3)13-9-8-11(4)12(5)14(13)17-6/h8-10H,7,16H2,1-6H3. The maximum atomic E-state index is 6.58. The number of ether oxygens (including phenoxy) is 1. The number of aryl methyl sites for hydroxylation is 1. The molecular formula is C15H25NO. The highest BCUT2D eigenvalue weighted by molar-refractivity contribution is 5.48. The number of nitrogens with two attached hydrogens (primary N) is 1. The van der Waals surface area contributed by atoms with Crippen molar-refractivity contribution in [2.45, 2.75) is 46.6 Å². The molecule has 0 aliphatic heterocycles. The molecule has 0 saturated heterocycles. The smallest absolute Gasteiger partial charge is 0.127 e. The summed E-state index contributed by atoms with van der Waals surface area (Å²) in [6.45, 7) is 10.7. The number of methoxy groups -OCH3 is 1. The third-order valence-corrected chi connectivity index (χ3v) is 4.00. The third kappa shape index (κ3) is 2.32. The van der Waals surface area contributed by atoms with Gasteiger partial charge in [-0.2, -0.15) is 0 Å². The first-order valence-electron chi connectivity index (χ1n) is 6.32. The Kier molecular flexibility index (Phi) is 4.21. The van der Waals surface area contributed by atoms with Gasteiger partial charge >= 0.3 is 0 Å². The number of hydrogen-bond acceptors (Lipinski definition) is 2. The van der Waals surface area contributed by atoms with Crippen LogP contribution in [0.4, 0.5) is 0 Å². The van der Waals surface area contributed by atoms with Crippen LogP contribution in [0.5, 0.6) is 5.75 Å². The zero-order chi connectivity index (χ0) is 13.2. The van der Waals surface area contributed by atoms with Gasteiger partial charge in [0.2, 0.25) is 0 Å². The van der Waals surface area contributed by atoms with Crippen LogP contribution in [0.2, 0.25) is 0 Å². The predicted molar refractivity (Wildman–Crippen MR) is 73.5 cm³/mol. The first-order chi connectivity index (χ1) is 7.88. The summed E-state index contributed by atoms with van der Waals surface area (Å²) in [4.78, 5) is 0. The van der Waals surface area contributed by atoms with Gasteiger partial charge in [0.05, 0.1) is 7.11 Å². The van der Waals surface area contributed by atoms with Gasteiger partial charge < -0.3 is 10.5 Å². The van der Waals surface area contributed by atoms with Gasteiger partial charge in [-0.15, -0.1) is 0 Å². The highest BCUT2D eigenvalue weighted by Gasteiger charge is 2.32. The number of benzene rings is 1. The van der Waals surface area contributed by atoms with Crippen molar-refractivity contribution >= 4 is 0 Å². The summed E-state index contributed by atoms with van der Waals surface area (Å²) in [5.74, 6) is 1.33. The summed E-state index contributed by atoms with van der Waals surface area (Å²) in [6, 6.07) is 4.25. The molecule has 0 aromatic heterocycles. The van der Waals surface area contributed by atoms with E-state index in [-0.39, 0.29) is 5.54 Å².